The second-order valence-corrected chi connectivity index (χ2v) is 11.3. The van der Waals surface area contributed by atoms with Crippen LogP contribution in [0.25, 0.3) is 0 Å². The average molecular weight is 604 g/mol. The first-order chi connectivity index (χ1) is 19.0. The van der Waals surface area contributed by atoms with Crippen LogP contribution in [0.1, 0.15) is 6.23 Å². The molecule has 1 aromatic heterocycles. The minimum Gasteiger partial charge on any atom is -0.497 e. The highest BCUT2D eigenvalue weighted by Gasteiger charge is 2.62. The number of halogens is 3. The van der Waals surface area contributed by atoms with E-state index in [1.165, 1.54) is 38.5 Å². The molecule has 0 amide bonds. The van der Waals surface area contributed by atoms with Crippen LogP contribution in [0.2, 0.25) is 0 Å². The van der Waals surface area contributed by atoms with Crippen molar-refractivity contribution in [3.63, 3.8) is 0 Å². The van der Waals surface area contributed by atoms with E-state index in [-0.39, 0.29) is 11.5 Å². The van der Waals surface area contributed by atoms with Crippen LogP contribution in [0.5, 0.6) is 23.0 Å². The molecule has 1 saturated heterocycles. The molecule has 0 aliphatic carbocycles. The fourth-order valence-electron chi connectivity index (χ4n) is 3.77. The third kappa shape index (κ3) is 6.18. The Kier molecular flexibility index (Phi) is 8.90. The lowest BCUT2D eigenvalue weighted by atomic mass is 9.98. The summed E-state index contributed by atoms with van der Waals surface area (Å²) in [6.45, 7) is -5.26. The second-order valence-electron chi connectivity index (χ2n) is 8.43. The van der Waals surface area contributed by atoms with Gasteiger partial charge in [-0.15, -0.1) is 0 Å². The van der Waals surface area contributed by atoms with E-state index < -0.39 is 55.1 Å². The molecule has 0 unspecified atom stereocenters. The van der Waals surface area contributed by atoms with Crippen molar-refractivity contribution in [1.29, 1.82) is 0 Å². The van der Waals surface area contributed by atoms with E-state index in [1.54, 1.807) is 24.3 Å². The number of ether oxygens (including phenoxy) is 3. The summed E-state index contributed by atoms with van der Waals surface area (Å²) in [6.07, 6.45) is -9.58. The van der Waals surface area contributed by atoms with Crippen molar-refractivity contribution in [2.45, 2.75) is 30.5 Å². The number of hydrogen-bond donors (Lipinski definition) is 2. The maximum Gasteiger partial charge on any atom is 0.435 e. The molecule has 40 heavy (non-hydrogen) atoms. The molecule has 11 nitrogen and oxygen atoms in total. The summed E-state index contributed by atoms with van der Waals surface area (Å²) in [5.41, 5.74) is -4.98. The van der Waals surface area contributed by atoms with Crippen molar-refractivity contribution in [3.05, 3.63) is 81.6 Å². The lowest BCUT2D eigenvalue weighted by Gasteiger charge is -2.32. The molecule has 4 atom stereocenters. The van der Waals surface area contributed by atoms with E-state index in [9.17, 15) is 23.5 Å². The Morgan fingerprint density at radius 1 is 1.00 bits per heavy atom. The third-order valence-corrected chi connectivity index (χ3v) is 7.97. The number of aliphatic hydroxyl groups is 1. The molecule has 0 bridgehead atoms. The zero-order chi connectivity index (χ0) is 29.1. The zero-order valence-corrected chi connectivity index (χ0v) is 22.7. The summed E-state index contributed by atoms with van der Waals surface area (Å²) >= 11 is 5.49. The van der Waals surface area contributed by atoms with Crippen LogP contribution in [-0.2, 0) is 21.1 Å². The number of methoxy groups -OCH3 is 2. The lowest BCUT2D eigenvalue weighted by Crippen LogP contribution is -2.50. The number of aromatic nitrogens is 2. The smallest absolute Gasteiger partial charge is 0.435 e. The van der Waals surface area contributed by atoms with E-state index >= 15 is 4.39 Å². The summed E-state index contributed by atoms with van der Waals surface area (Å²) in [6, 6.07) is 12.9. The van der Waals surface area contributed by atoms with E-state index in [4.69, 9.17) is 39.6 Å². The highest BCUT2D eigenvalue weighted by atomic mass is 32.5. The molecule has 2 N–H and O–H groups in total. The normalized spacial score (nSPS) is 22.7. The molecule has 2 heterocycles. The van der Waals surface area contributed by atoms with Gasteiger partial charge in [0.15, 0.2) is 18.0 Å². The summed E-state index contributed by atoms with van der Waals surface area (Å²) in [4.78, 5) is 25.5. The summed E-state index contributed by atoms with van der Waals surface area (Å²) in [7, 11) is 2.91. The second kappa shape index (κ2) is 12.0. The molecule has 0 spiro atoms. The maximum absolute atomic E-state index is 15.4. The number of H-pyrrole nitrogens is 1. The fourth-order valence-corrected chi connectivity index (χ4v) is 5.71. The Hall–Kier alpha value is -3.36. The number of benzene rings is 2. The van der Waals surface area contributed by atoms with Gasteiger partial charge >= 0.3 is 12.4 Å². The van der Waals surface area contributed by atoms with Crippen LogP contribution in [0.3, 0.4) is 0 Å². The molecule has 0 saturated carbocycles. The molecule has 1 fully saturated rings. The number of hydrogen-bond acceptors (Lipinski definition) is 10. The number of nitrogens with one attached hydrogen (secondary N) is 1. The molecular formula is C24H24F3N2O9PS. The molecule has 1 aliphatic heterocycles. The fraction of sp³-hybridized carbons (Fsp3) is 0.333. The van der Waals surface area contributed by atoms with Gasteiger partial charge in [0.25, 0.3) is 12.0 Å². The SMILES string of the molecule is COc1ccc(OP(=S)(OC[C@@]2(C(F)F)O[C@@H](n3ccc(=O)[nH]c3=O)[C@H](O)[C@H]2F)Oc2ccc(OC)cc2)cc1. The van der Waals surface area contributed by atoms with Crippen LogP contribution >= 0.6 is 6.72 Å². The number of rotatable bonds is 11. The standard InChI is InChI=1S/C24H24F3N2O9PS/c1-33-14-3-7-16(8-4-14)37-39(40,38-17-9-5-15(34-2)6-10-17)35-13-24(22(26)27)20(25)19(31)21(36-24)29-12-11-18(30)28-23(29)32/h3-12,19-22,31H,13H2,1-2H3,(H,28,30,32)/t19-,20-,21-,24-/m1/s1. The van der Waals surface area contributed by atoms with Gasteiger partial charge in [-0.1, -0.05) is 0 Å². The van der Waals surface area contributed by atoms with Gasteiger partial charge in [-0.3, -0.25) is 18.9 Å². The van der Waals surface area contributed by atoms with Crippen molar-refractivity contribution >= 4 is 18.5 Å². The van der Waals surface area contributed by atoms with Crippen LogP contribution in [0.4, 0.5) is 13.2 Å². The van der Waals surface area contributed by atoms with Crippen molar-refractivity contribution in [2.24, 2.45) is 0 Å². The highest BCUT2D eigenvalue weighted by Crippen LogP contribution is 2.53. The first kappa shape index (κ1) is 29.6. The molecule has 3 aromatic rings. The Morgan fingerprint density at radius 2 is 1.50 bits per heavy atom. The Labute approximate surface area is 230 Å². The maximum atomic E-state index is 15.4. The van der Waals surface area contributed by atoms with Crippen LogP contribution in [-0.4, -0.2) is 59.8 Å². The van der Waals surface area contributed by atoms with Gasteiger partial charge in [0.2, 0.25) is 0 Å². The minimum absolute atomic E-state index is 0.130. The Morgan fingerprint density at radius 3 is 1.95 bits per heavy atom. The van der Waals surface area contributed by atoms with Gasteiger partial charge < -0.3 is 28.4 Å². The number of nitrogens with zero attached hydrogens (tertiary/aromatic N) is 1. The van der Waals surface area contributed by atoms with Crippen LogP contribution in [0, 0.1) is 0 Å². The van der Waals surface area contributed by atoms with Gasteiger partial charge in [-0.05, 0) is 48.5 Å². The largest absolute Gasteiger partial charge is 0.497 e. The topological polar surface area (TPSA) is 130 Å². The first-order valence-corrected chi connectivity index (χ1v) is 14.1. The van der Waals surface area contributed by atoms with Gasteiger partial charge in [0, 0.05) is 24.1 Å². The summed E-state index contributed by atoms with van der Waals surface area (Å²) in [5, 5.41) is 10.4. The van der Waals surface area contributed by atoms with Gasteiger partial charge in [-0.2, -0.15) is 0 Å². The van der Waals surface area contributed by atoms with E-state index in [0.717, 1.165) is 12.3 Å². The van der Waals surface area contributed by atoms with Crippen molar-refractivity contribution in [3.8, 4) is 23.0 Å². The van der Waals surface area contributed by atoms with Crippen LogP contribution < -0.4 is 29.8 Å². The van der Waals surface area contributed by atoms with E-state index in [2.05, 4.69) is 0 Å². The number of aromatic amines is 1. The zero-order valence-electron chi connectivity index (χ0n) is 20.9. The molecule has 16 heteroatoms. The number of alkyl halides is 3. The van der Waals surface area contributed by atoms with Gasteiger partial charge in [0.1, 0.15) is 29.1 Å². The third-order valence-electron chi connectivity index (χ3n) is 5.90. The Bertz CT molecular complexity index is 1420. The first-order valence-electron chi connectivity index (χ1n) is 11.5. The minimum atomic E-state index is -4.03. The van der Waals surface area contributed by atoms with Crippen LogP contribution in [0.15, 0.2) is 70.4 Å². The summed E-state index contributed by atoms with van der Waals surface area (Å²) < 4.78 is 77.4. The number of aliphatic hydroxyl groups excluding tert-OH is 1. The average Bonchev–Trinajstić information content (AvgIpc) is 3.19. The van der Waals surface area contributed by atoms with Gasteiger partial charge in [0.05, 0.1) is 20.8 Å². The van der Waals surface area contributed by atoms with Crippen molar-refractivity contribution in [1.82, 2.24) is 9.55 Å². The predicted molar refractivity (Wildman–Crippen MR) is 139 cm³/mol. The lowest BCUT2D eigenvalue weighted by molar-refractivity contribution is -0.183. The summed E-state index contributed by atoms with van der Waals surface area (Å²) in [5.74, 6) is 1.24. The van der Waals surface area contributed by atoms with Crippen molar-refractivity contribution < 1.29 is 46.1 Å². The molecule has 1 aliphatic rings. The molecule has 0 radical (unpaired) electrons. The Balaban J connectivity index is 1.64. The highest BCUT2D eigenvalue weighted by molar-refractivity contribution is 8.07. The monoisotopic (exact) mass is 604 g/mol. The molecule has 4 rings (SSSR count). The quantitative estimate of drug-likeness (QED) is 0.315. The van der Waals surface area contributed by atoms with E-state index in [0.29, 0.717) is 16.1 Å². The van der Waals surface area contributed by atoms with E-state index in [1.807, 2.05) is 4.98 Å². The molecular weight excluding hydrogens is 580 g/mol. The van der Waals surface area contributed by atoms with Gasteiger partial charge in [-0.25, -0.2) is 18.0 Å². The molecule has 216 valence electrons. The van der Waals surface area contributed by atoms with Crippen molar-refractivity contribution in [2.75, 3.05) is 20.8 Å². The predicted octanol–water partition coefficient (Wildman–Crippen LogP) is 3.18. The molecule has 2 aromatic carbocycles.